The highest BCUT2D eigenvalue weighted by molar-refractivity contribution is 6.30. The van der Waals surface area contributed by atoms with E-state index in [1.54, 1.807) is 41.3 Å². The van der Waals surface area contributed by atoms with Gasteiger partial charge >= 0.3 is 5.97 Å². The van der Waals surface area contributed by atoms with Crippen LogP contribution in [0.4, 0.5) is 5.69 Å². The van der Waals surface area contributed by atoms with Gasteiger partial charge in [-0.2, -0.15) is 0 Å². The third-order valence-corrected chi connectivity index (χ3v) is 4.77. The van der Waals surface area contributed by atoms with Crippen molar-refractivity contribution in [2.24, 2.45) is 5.92 Å². The van der Waals surface area contributed by atoms with E-state index in [1.165, 1.54) is 6.07 Å². The van der Waals surface area contributed by atoms with Crippen LogP contribution in [0.25, 0.3) is 0 Å². The van der Waals surface area contributed by atoms with Crippen molar-refractivity contribution in [3.63, 3.8) is 0 Å². The molecule has 1 aliphatic heterocycles. The van der Waals surface area contributed by atoms with E-state index in [0.29, 0.717) is 28.4 Å². The molecule has 0 spiro atoms. The van der Waals surface area contributed by atoms with Gasteiger partial charge in [0.1, 0.15) is 18.0 Å². The number of carbonyl (C=O) groups excluding carboxylic acids is 1. The van der Waals surface area contributed by atoms with Crippen molar-refractivity contribution in [1.29, 1.82) is 0 Å². The number of amides is 1. The minimum absolute atomic E-state index is 0.00254. The molecule has 7 heteroatoms. The molecule has 6 nitrogen and oxygen atoms in total. The zero-order chi connectivity index (χ0) is 20.4. The summed E-state index contributed by atoms with van der Waals surface area (Å²) in [5.74, 6) is -1.41. The fourth-order valence-electron chi connectivity index (χ4n) is 3.37. The van der Waals surface area contributed by atoms with Crippen LogP contribution in [-0.2, 0) is 14.3 Å². The number of nitrogens with zero attached hydrogens (tertiary/aromatic N) is 1. The molecule has 2 aromatic carbocycles. The van der Waals surface area contributed by atoms with Crippen LogP contribution in [0.3, 0.4) is 0 Å². The second kappa shape index (κ2) is 8.20. The number of hydrogen-bond donors (Lipinski definition) is 2. The van der Waals surface area contributed by atoms with Crippen LogP contribution in [0.2, 0.25) is 5.02 Å². The molecular weight excluding hydrogens is 382 g/mol. The molecule has 1 amide bonds. The van der Waals surface area contributed by atoms with Gasteiger partial charge in [0.15, 0.2) is 0 Å². The number of phenolic OH excluding ortho intramolecular Hbond substituents is 1. The number of carbonyl (C=O) groups is 2. The van der Waals surface area contributed by atoms with E-state index < -0.39 is 30.5 Å². The number of fused-ring (bicyclic) bond motifs is 1. The number of aromatic hydroxyl groups is 1. The van der Waals surface area contributed by atoms with E-state index in [2.05, 4.69) is 0 Å². The summed E-state index contributed by atoms with van der Waals surface area (Å²) in [5, 5.41) is 20.1. The summed E-state index contributed by atoms with van der Waals surface area (Å²) in [6.07, 6.45) is -2.49. The number of para-hydroxylation sites is 1. The number of carboxylic acids is 1. The van der Waals surface area contributed by atoms with Gasteiger partial charge in [-0.1, -0.05) is 43.6 Å². The van der Waals surface area contributed by atoms with E-state index in [1.807, 2.05) is 13.8 Å². The molecule has 1 aliphatic rings. The SMILES string of the molecule is CC(C)CN1C(=O)C(CC(=O)O)OC(c2ccccc2O)c2cc(Cl)ccc21. The summed E-state index contributed by atoms with van der Waals surface area (Å²) in [7, 11) is 0. The van der Waals surface area contributed by atoms with Gasteiger partial charge in [-0.25, -0.2) is 0 Å². The molecule has 0 fully saturated rings. The summed E-state index contributed by atoms with van der Waals surface area (Å²) in [5.41, 5.74) is 1.65. The van der Waals surface area contributed by atoms with Crippen molar-refractivity contribution in [2.45, 2.75) is 32.5 Å². The maximum absolute atomic E-state index is 13.2. The molecule has 28 heavy (non-hydrogen) atoms. The van der Waals surface area contributed by atoms with Crippen LogP contribution in [0.1, 0.15) is 37.5 Å². The van der Waals surface area contributed by atoms with Gasteiger partial charge in [0.05, 0.1) is 6.42 Å². The fourth-order valence-corrected chi connectivity index (χ4v) is 3.55. The maximum Gasteiger partial charge on any atom is 0.306 e. The summed E-state index contributed by atoms with van der Waals surface area (Å²) in [4.78, 5) is 26.1. The number of hydrogen-bond acceptors (Lipinski definition) is 4. The maximum atomic E-state index is 13.2. The zero-order valence-corrected chi connectivity index (χ0v) is 16.4. The van der Waals surface area contributed by atoms with Gasteiger partial charge in [0, 0.05) is 28.4 Å². The number of phenols is 1. The van der Waals surface area contributed by atoms with Crippen LogP contribution >= 0.6 is 11.6 Å². The summed E-state index contributed by atoms with van der Waals surface area (Å²) in [6.45, 7) is 4.35. The van der Waals surface area contributed by atoms with Gasteiger partial charge in [0.25, 0.3) is 5.91 Å². The van der Waals surface area contributed by atoms with Crippen molar-refractivity contribution in [3.05, 3.63) is 58.6 Å². The summed E-state index contributed by atoms with van der Waals surface area (Å²) < 4.78 is 6.00. The summed E-state index contributed by atoms with van der Waals surface area (Å²) >= 11 is 6.22. The molecule has 0 bridgehead atoms. The standard InChI is InChI=1S/C21H22ClNO5/c1-12(2)11-23-16-8-7-13(22)9-15(16)20(14-5-3-4-6-17(14)24)28-18(21(23)27)10-19(25)26/h3-9,12,18,20,24H,10-11H2,1-2H3,(H,25,26). The molecule has 0 aliphatic carbocycles. The molecule has 1 heterocycles. The zero-order valence-electron chi connectivity index (χ0n) is 15.6. The fraction of sp³-hybridized carbons (Fsp3) is 0.333. The van der Waals surface area contributed by atoms with Crippen molar-refractivity contribution in [1.82, 2.24) is 0 Å². The number of rotatable bonds is 5. The molecule has 2 aromatic rings. The second-order valence-electron chi connectivity index (χ2n) is 7.21. The number of aliphatic carboxylic acids is 1. The van der Waals surface area contributed by atoms with E-state index in [-0.39, 0.29) is 11.7 Å². The van der Waals surface area contributed by atoms with Crippen molar-refractivity contribution in [3.8, 4) is 5.75 Å². The normalized spacial score (nSPS) is 19.4. The van der Waals surface area contributed by atoms with Crippen LogP contribution in [-0.4, -0.2) is 34.7 Å². The Morgan fingerprint density at radius 1 is 1.21 bits per heavy atom. The summed E-state index contributed by atoms with van der Waals surface area (Å²) in [6, 6.07) is 11.7. The van der Waals surface area contributed by atoms with Crippen LogP contribution in [0.15, 0.2) is 42.5 Å². The Hall–Kier alpha value is -2.57. The van der Waals surface area contributed by atoms with Crippen LogP contribution < -0.4 is 4.90 Å². The van der Waals surface area contributed by atoms with Gasteiger partial charge in [0.2, 0.25) is 0 Å². The molecule has 2 unspecified atom stereocenters. The van der Waals surface area contributed by atoms with Gasteiger partial charge in [-0.05, 0) is 30.2 Å². The number of ether oxygens (including phenoxy) is 1. The molecule has 3 rings (SSSR count). The first-order chi connectivity index (χ1) is 13.3. The van der Waals surface area contributed by atoms with E-state index in [4.69, 9.17) is 16.3 Å². The first-order valence-corrected chi connectivity index (χ1v) is 9.41. The van der Waals surface area contributed by atoms with Crippen LogP contribution in [0, 0.1) is 5.92 Å². The minimum atomic E-state index is -1.19. The van der Waals surface area contributed by atoms with Gasteiger partial charge in [-0.15, -0.1) is 0 Å². The quantitative estimate of drug-likeness (QED) is 0.787. The van der Waals surface area contributed by atoms with Gasteiger partial charge in [-0.3, -0.25) is 9.59 Å². The topological polar surface area (TPSA) is 87.1 Å². The molecule has 0 aromatic heterocycles. The molecule has 0 radical (unpaired) electrons. The first-order valence-electron chi connectivity index (χ1n) is 9.04. The van der Waals surface area contributed by atoms with Crippen LogP contribution in [0.5, 0.6) is 5.75 Å². The molecule has 0 saturated carbocycles. The Labute approximate surface area is 168 Å². The number of carboxylic acid groups (broad SMARTS) is 1. The van der Waals surface area contributed by atoms with Gasteiger partial charge < -0.3 is 19.8 Å². The lowest BCUT2D eigenvalue weighted by Gasteiger charge is -2.26. The molecule has 2 atom stereocenters. The molecule has 0 saturated heterocycles. The molecule has 2 N–H and O–H groups in total. The second-order valence-corrected chi connectivity index (χ2v) is 7.64. The number of halogens is 1. The van der Waals surface area contributed by atoms with E-state index in [9.17, 15) is 19.8 Å². The lowest BCUT2D eigenvalue weighted by molar-refractivity contribution is -0.147. The average Bonchev–Trinajstić information content (AvgIpc) is 2.72. The number of anilines is 1. The molecular formula is C21H22ClNO5. The Bertz CT molecular complexity index is 898. The Morgan fingerprint density at radius 3 is 2.57 bits per heavy atom. The highest BCUT2D eigenvalue weighted by Gasteiger charge is 2.38. The van der Waals surface area contributed by atoms with Crippen molar-refractivity contribution in [2.75, 3.05) is 11.4 Å². The monoisotopic (exact) mass is 403 g/mol. The number of benzene rings is 2. The predicted octanol–water partition coefficient (Wildman–Crippen LogP) is 4.00. The van der Waals surface area contributed by atoms with Crippen molar-refractivity contribution >= 4 is 29.2 Å². The predicted molar refractivity (Wildman–Crippen MR) is 106 cm³/mol. The van der Waals surface area contributed by atoms with Crippen molar-refractivity contribution < 1.29 is 24.5 Å². The minimum Gasteiger partial charge on any atom is -0.508 e. The Balaban J connectivity index is 2.20. The lowest BCUT2D eigenvalue weighted by atomic mass is 9.98. The van der Waals surface area contributed by atoms with E-state index >= 15 is 0 Å². The molecule has 148 valence electrons. The highest BCUT2D eigenvalue weighted by Crippen LogP contribution is 2.42. The Morgan fingerprint density at radius 2 is 1.93 bits per heavy atom. The highest BCUT2D eigenvalue weighted by atomic mass is 35.5. The average molecular weight is 404 g/mol. The first kappa shape index (κ1) is 20.2. The Kier molecular flexibility index (Phi) is 5.91. The third-order valence-electron chi connectivity index (χ3n) is 4.53. The van der Waals surface area contributed by atoms with E-state index in [0.717, 1.165) is 0 Å². The lowest BCUT2D eigenvalue weighted by Crippen LogP contribution is -2.42. The third kappa shape index (κ3) is 4.13. The largest absolute Gasteiger partial charge is 0.508 e. The smallest absolute Gasteiger partial charge is 0.306 e.